The number of carbonyl (C=O) groups is 2. The summed E-state index contributed by atoms with van der Waals surface area (Å²) in [5, 5.41) is 3.43. The van der Waals surface area contributed by atoms with E-state index in [2.05, 4.69) is 15.8 Å². The van der Waals surface area contributed by atoms with Crippen molar-refractivity contribution in [3.63, 3.8) is 0 Å². The smallest absolute Gasteiger partial charge is 0.427 e. The summed E-state index contributed by atoms with van der Waals surface area (Å²) in [7, 11) is 0. The average Bonchev–Trinajstić information content (AvgIpc) is 2.96. The fourth-order valence-corrected chi connectivity index (χ4v) is 2.66. The quantitative estimate of drug-likeness (QED) is 0.590. The van der Waals surface area contributed by atoms with Crippen LogP contribution in [0.5, 0.6) is 0 Å². The van der Waals surface area contributed by atoms with E-state index in [0.29, 0.717) is 15.6 Å². The molecule has 134 valence electrons. The number of para-hydroxylation sites is 1. The highest BCUT2D eigenvalue weighted by Gasteiger charge is 2.19. The van der Waals surface area contributed by atoms with Gasteiger partial charge in [-0.15, -0.1) is 0 Å². The fourth-order valence-electron chi connectivity index (χ4n) is 1.75. The number of rotatable bonds is 4. The van der Waals surface area contributed by atoms with Crippen molar-refractivity contribution in [3.8, 4) is 0 Å². The van der Waals surface area contributed by atoms with Crippen molar-refractivity contribution in [3.05, 3.63) is 39.9 Å². The number of hydrogen-bond donors (Lipinski definition) is 2. The van der Waals surface area contributed by atoms with Crippen molar-refractivity contribution in [2.45, 2.75) is 33.3 Å². The number of aryl methyl sites for hydroxylation is 1. The van der Waals surface area contributed by atoms with Gasteiger partial charge in [0.25, 0.3) is 5.91 Å². The zero-order valence-electron chi connectivity index (χ0n) is 14.2. The Labute approximate surface area is 154 Å². The molecule has 0 bridgehead atoms. The van der Waals surface area contributed by atoms with E-state index >= 15 is 0 Å². The fraction of sp³-hybridized carbons (Fsp3) is 0.312. The molecule has 2 aromatic rings. The molecule has 9 heteroatoms. The lowest BCUT2D eigenvalue weighted by Crippen LogP contribution is -2.25. The lowest BCUT2D eigenvalue weighted by Gasteiger charge is -2.18. The van der Waals surface area contributed by atoms with E-state index in [1.165, 1.54) is 6.20 Å². The predicted octanol–water partition coefficient (Wildman–Crippen LogP) is 4.64. The molecule has 0 aliphatic heterocycles. The summed E-state index contributed by atoms with van der Waals surface area (Å²) in [4.78, 5) is 32.8. The van der Waals surface area contributed by atoms with Gasteiger partial charge in [-0.3, -0.25) is 4.79 Å². The summed E-state index contributed by atoms with van der Waals surface area (Å²) in [6, 6.07) is 5.34. The third-order valence-electron chi connectivity index (χ3n) is 2.80. The highest BCUT2D eigenvalue weighted by molar-refractivity contribution is 7.17. The van der Waals surface area contributed by atoms with Gasteiger partial charge < -0.3 is 14.9 Å². The minimum absolute atomic E-state index is 0.242. The van der Waals surface area contributed by atoms with Crippen molar-refractivity contribution >= 4 is 45.8 Å². The van der Waals surface area contributed by atoms with Gasteiger partial charge in [-0.05, 0) is 39.3 Å². The van der Waals surface area contributed by atoms with Crippen LogP contribution >= 0.6 is 22.9 Å². The summed E-state index contributed by atoms with van der Waals surface area (Å²) in [5.41, 5.74) is 3.08. The van der Waals surface area contributed by atoms with Gasteiger partial charge in [0, 0.05) is 0 Å². The Hall–Kier alpha value is -2.32. The van der Waals surface area contributed by atoms with Gasteiger partial charge in [0.1, 0.15) is 10.5 Å². The van der Waals surface area contributed by atoms with E-state index in [4.69, 9.17) is 21.2 Å². The number of nitrogens with one attached hydrogen (secondary N) is 2. The third-order valence-corrected chi connectivity index (χ3v) is 4.01. The maximum atomic E-state index is 12.3. The molecule has 0 radical (unpaired) electrons. The summed E-state index contributed by atoms with van der Waals surface area (Å²) in [5.74, 6) is -0.362. The van der Waals surface area contributed by atoms with Gasteiger partial charge in [0.2, 0.25) is 5.13 Å². The van der Waals surface area contributed by atoms with Crippen LogP contribution in [-0.4, -0.2) is 22.6 Å². The van der Waals surface area contributed by atoms with Crippen LogP contribution < -0.4 is 10.8 Å². The molecule has 0 saturated carbocycles. The zero-order chi connectivity index (χ0) is 18.6. The monoisotopic (exact) mass is 383 g/mol. The van der Waals surface area contributed by atoms with Crippen molar-refractivity contribution in [2.75, 3.05) is 10.8 Å². The summed E-state index contributed by atoms with van der Waals surface area (Å²) < 4.78 is 4.98. The topological polar surface area (TPSA) is 89.5 Å². The maximum absolute atomic E-state index is 12.3. The molecule has 1 aromatic heterocycles. The average molecular weight is 384 g/mol. The first-order chi connectivity index (χ1) is 11.7. The predicted molar refractivity (Wildman–Crippen MR) is 97.2 cm³/mol. The molecule has 0 fully saturated rings. The second-order valence-corrected chi connectivity index (χ2v) is 7.52. The number of thiazole rings is 1. The number of amides is 1. The van der Waals surface area contributed by atoms with Crippen LogP contribution in [0.15, 0.2) is 24.4 Å². The molecular formula is C16H18ClN3O4S. The van der Waals surface area contributed by atoms with Gasteiger partial charge in [0.15, 0.2) is 0 Å². The highest BCUT2D eigenvalue weighted by Crippen LogP contribution is 2.27. The molecule has 7 nitrogen and oxygen atoms in total. The minimum atomic E-state index is -0.889. The number of anilines is 2. The molecule has 0 aliphatic rings. The highest BCUT2D eigenvalue weighted by atomic mass is 35.5. The molecule has 2 N–H and O–H groups in total. The van der Waals surface area contributed by atoms with Crippen LogP contribution in [0.4, 0.5) is 15.6 Å². The van der Waals surface area contributed by atoms with Gasteiger partial charge in [-0.25, -0.2) is 9.78 Å². The van der Waals surface area contributed by atoms with E-state index < -0.39 is 11.8 Å². The molecule has 0 spiro atoms. The number of carbonyl (C=O) groups excluding carboxylic acids is 2. The Kier molecular flexibility index (Phi) is 5.86. The largest absolute Gasteiger partial charge is 0.533 e. The van der Waals surface area contributed by atoms with Gasteiger partial charge >= 0.3 is 6.16 Å². The molecule has 1 heterocycles. The van der Waals surface area contributed by atoms with Crippen LogP contribution in [-0.2, 0) is 9.57 Å². The first kappa shape index (κ1) is 19.0. The first-order valence-corrected chi connectivity index (χ1v) is 8.53. The summed E-state index contributed by atoms with van der Waals surface area (Å²) >= 11 is 7.11. The molecule has 1 aromatic carbocycles. The lowest BCUT2D eigenvalue weighted by molar-refractivity contribution is 0.00297. The number of halogens is 1. The number of nitrogens with zero attached hydrogens (tertiary/aromatic N) is 1. The van der Waals surface area contributed by atoms with E-state index in [-0.39, 0.29) is 11.0 Å². The van der Waals surface area contributed by atoms with Crippen molar-refractivity contribution < 1.29 is 19.2 Å². The second-order valence-electron chi connectivity index (χ2n) is 6.08. The van der Waals surface area contributed by atoms with Crippen LogP contribution in [0.3, 0.4) is 0 Å². The Morgan fingerprint density at radius 2 is 2.00 bits per heavy atom. The van der Waals surface area contributed by atoms with Crippen LogP contribution in [0.2, 0.25) is 5.02 Å². The number of aromatic nitrogens is 1. The Morgan fingerprint density at radius 1 is 1.28 bits per heavy atom. The molecule has 0 atom stereocenters. The minimum Gasteiger partial charge on any atom is -0.427 e. The lowest BCUT2D eigenvalue weighted by atomic mass is 10.2. The van der Waals surface area contributed by atoms with E-state index in [9.17, 15) is 9.59 Å². The molecule has 0 saturated heterocycles. The van der Waals surface area contributed by atoms with Crippen LogP contribution in [0, 0.1) is 6.92 Å². The molecule has 0 unspecified atom stereocenters. The SMILES string of the molecule is Cc1cccc(Cl)c1NC(=O)c1cnc(NOC(=O)OC(C)(C)C)s1. The van der Waals surface area contributed by atoms with Crippen molar-refractivity contribution in [1.29, 1.82) is 0 Å². The van der Waals surface area contributed by atoms with Crippen LogP contribution in [0.25, 0.3) is 0 Å². The molecule has 2 rings (SSSR count). The Morgan fingerprint density at radius 3 is 2.64 bits per heavy atom. The van der Waals surface area contributed by atoms with Crippen LogP contribution in [0.1, 0.15) is 36.0 Å². The summed E-state index contributed by atoms with van der Waals surface area (Å²) in [6.07, 6.45) is 0.479. The zero-order valence-corrected chi connectivity index (χ0v) is 15.7. The third kappa shape index (κ3) is 5.61. The number of benzene rings is 1. The van der Waals surface area contributed by atoms with Gasteiger partial charge in [-0.2, -0.15) is 5.48 Å². The normalized spacial score (nSPS) is 10.9. The Bertz CT molecular complexity index is 766. The molecular weight excluding hydrogens is 366 g/mol. The maximum Gasteiger partial charge on any atom is 0.533 e. The van der Waals surface area contributed by atoms with Crippen molar-refractivity contribution in [2.24, 2.45) is 0 Å². The van der Waals surface area contributed by atoms with E-state index in [0.717, 1.165) is 16.9 Å². The van der Waals surface area contributed by atoms with E-state index in [1.807, 2.05) is 13.0 Å². The number of hydrogen-bond acceptors (Lipinski definition) is 7. The van der Waals surface area contributed by atoms with Gasteiger partial charge in [0.05, 0.1) is 16.9 Å². The molecule has 25 heavy (non-hydrogen) atoms. The molecule has 0 aliphatic carbocycles. The van der Waals surface area contributed by atoms with Gasteiger partial charge in [-0.1, -0.05) is 35.1 Å². The first-order valence-electron chi connectivity index (χ1n) is 7.34. The molecule has 1 amide bonds. The standard InChI is InChI=1S/C16H18ClN3O4S/c1-9-6-5-7-10(17)12(9)19-13(21)11-8-18-14(25-11)20-24-15(22)23-16(2,3)4/h5-8H,1-4H3,(H,18,20)(H,19,21). The number of ether oxygens (including phenoxy) is 1. The Balaban J connectivity index is 1.96. The van der Waals surface area contributed by atoms with Crippen molar-refractivity contribution in [1.82, 2.24) is 4.98 Å². The van der Waals surface area contributed by atoms with E-state index in [1.54, 1.807) is 32.9 Å². The summed E-state index contributed by atoms with van der Waals surface area (Å²) in [6.45, 7) is 7.00. The second kappa shape index (κ2) is 7.71.